The number of hydrogen-bond acceptors (Lipinski definition) is 2. The summed E-state index contributed by atoms with van der Waals surface area (Å²) in [5, 5.41) is 3.50. The van der Waals surface area contributed by atoms with E-state index in [0.29, 0.717) is 0 Å². The summed E-state index contributed by atoms with van der Waals surface area (Å²) in [5.41, 5.74) is 1.11. The van der Waals surface area contributed by atoms with Crippen molar-refractivity contribution in [1.82, 2.24) is 10.3 Å². The molecule has 100 valence electrons. The fourth-order valence-corrected chi connectivity index (χ4v) is 3.07. The maximum absolute atomic E-state index is 4.42. The van der Waals surface area contributed by atoms with Crippen LogP contribution in [0.2, 0.25) is 0 Å². The third kappa shape index (κ3) is 4.69. The van der Waals surface area contributed by atoms with Crippen LogP contribution in [0.25, 0.3) is 0 Å². The first kappa shape index (κ1) is 14.0. The molecule has 1 aromatic rings. The first-order chi connectivity index (χ1) is 8.74. The van der Waals surface area contributed by atoms with Crippen LogP contribution in [-0.2, 0) is 6.54 Å². The van der Waals surface area contributed by atoms with Crippen LogP contribution in [0.4, 0.5) is 0 Å². The van der Waals surface area contributed by atoms with Crippen LogP contribution < -0.4 is 5.32 Å². The van der Waals surface area contributed by atoms with Crippen molar-refractivity contribution in [3.8, 4) is 0 Å². The smallest absolute Gasteiger partial charge is 0.106 e. The minimum Gasteiger partial charge on any atom is -0.311 e. The molecule has 1 fully saturated rings. The van der Waals surface area contributed by atoms with Gasteiger partial charge in [-0.1, -0.05) is 38.7 Å². The van der Waals surface area contributed by atoms with Gasteiger partial charge in [-0.25, -0.2) is 4.98 Å². The van der Waals surface area contributed by atoms with E-state index < -0.39 is 0 Å². The van der Waals surface area contributed by atoms with Crippen molar-refractivity contribution >= 4 is 15.9 Å². The number of pyridine rings is 1. The molecule has 0 unspecified atom stereocenters. The highest BCUT2D eigenvalue weighted by Crippen LogP contribution is 2.29. The predicted octanol–water partition coefficient (Wildman–Crippen LogP) is 4.15. The third-order valence-corrected chi connectivity index (χ3v) is 4.39. The second-order valence-corrected chi connectivity index (χ2v) is 6.36. The molecule has 0 atom stereocenters. The molecule has 0 saturated heterocycles. The van der Waals surface area contributed by atoms with Gasteiger partial charge < -0.3 is 5.32 Å². The molecule has 1 heterocycles. The van der Waals surface area contributed by atoms with Crippen LogP contribution in [0.1, 0.15) is 44.7 Å². The van der Waals surface area contributed by atoms with Crippen molar-refractivity contribution in [3.63, 3.8) is 0 Å². The summed E-state index contributed by atoms with van der Waals surface area (Å²) < 4.78 is 0.920. The van der Waals surface area contributed by atoms with Crippen molar-refractivity contribution in [3.05, 3.63) is 28.5 Å². The first-order valence-electron chi connectivity index (χ1n) is 7.06. The molecular weight excluding hydrogens is 288 g/mol. The van der Waals surface area contributed by atoms with Gasteiger partial charge in [-0.3, -0.25) is 0 Å². The van der Waals surface area contributed by atoms with E-state index in [9.17, 15) is 0 Å². The molecule has 0 aliphatic heterocycles. The summed E-state index contributed by atoms with van der Waals surface area (Å²) in [4.78, 5) is 4.42. The van der Waals surface area contributed by atoms with Crippen molar-refractivity contribution in [2.75, 3.05) is 6.54 Å². The van der Waals surface area contributed by atoms with Crippen molar-refractivity contribution in [1.29, 1.82) is 0 Å². The SMILES string of the molecule is CC1CCC(CCNCc2cccc(Br)n2)CC1. The maximum atomic E-state index is 4.42. The van der Waals surface area contributed by atoms with Gasteiger partial charge in [0, 0.05) is 6.54 Å². The number of rotatable bonds is 5. The highest BCUT2D eigenvalue weighted by atomic mass is 79.9. The van der Waals surface area contributed by atoms with E-state index in [2.05, 4.69) is 39.2 Å². The van der Waals surface area contributed by atoms with E-state index in [4.69, 9.17) is 0 Å². The molecule has 0 bridgehead atoms. The van der Waals surface area contributed by atoms with Gasteiger partial charge in [-0.15, -0.1) is 0 Å². The Bertz CT molecular complexity index is 359. The lowest BCUT2D eigenvalue weighted by atomic mass is 9.81. The fraction of sp³-hybridized carbons (Fsp3) is 0.667. The van der Waals surface area contributed by atoms with E-state index in [1.807, 2.05) is 12.1 Å². The molecule has 0 amide bonds. The molecule has 3 heteroatoms. The Kier molecular flexibility index (Phi) is 5.64. The predicted molar refractivity (Wildman–Crippen MR) is 79.4 cm³/mol. The fourth-order valence-electron chi connectivity index (χ4n) is 2.69. The minimum absolute atomic E-state index is 0.878. The average Bonchev–Trinajstić information content (AvgIpc) is 2.37. The molecule has 1 N–H and O–H groups in total. The molecule has 1 saturated carbocycles. The van der Waals surface area contributed by atoms with E-state index >= 15 is 0 Å². The zero-order valence-corrected chi connectivity index (χ0v) is 12.7. The van der Waals surface area contributed by atoms with Gasteiger partial charge in [0.15, 0.2) is 0 Å². The Hall–Kier alpha value is -0.410. The van der Waals surface area contributed by atoms with Gasteiger partial charge in [0.2, 0.25) is 0 Å². The van der Waals surface area contributed by atoms with E-state index in [0.717, 1.165) is 35.2 Å². The molecule has 1 aliphatic carbocycles. The molecule has 0 spiro atoms. The summed E-state index contributed by atoms with van der Waals surface area (Å²) in [6, 6.07) is 6.07. The largest absolute Gasteiger partial charge is 0.311 e. The highest BCUT2D eigenvalue weighted by Gasteiger charge is 2.17. The Morgan fingerprint density at radius 1 is 1.28 bits per heavy atom. The summed E-state index contributed by atoms with van der Waals surface area (Å²) in [7, 11) is 0. The molecular formula is C15H23BrN2. The topological polar surface area (TPSA) is 24.9 Å². The number of hydrogen-bond donors (Lipinski definition) is 1. The maximum Gasteiger partial charge on any atom is 0.106 e. The van der Waals surface area contributed by atoms with E-state index in [1.165, 1.54) is 32.1 Å². The molecule has 0 radical (unpaired) electrons. The first-order valence-corrected chi connectivity index (χ1v) is 7.85. The number of nitrogens with zero attached hydrogens (tertiary/aromatic N) is 1. The number of halogens is 1. The molecule has 1 aliphatic rings. The monoisotopic (exact) mass is 310 g/mol. The average molecular weight is 311 g/mol. The van der Waals surface area contributed by atoms with Gasteiger partial charge >= 0.3 is 0 Å². The summed E-state index contributed by atoms with van der Waals surface area (Å²) in [6.45, 7) is 4.38. The molecule has 2 nitrogen and oxygen atoms in total. The normalized spacial score (nSPS) is 24.1. The molecule has 1 aromatic heterocycles. The quantitative estimate of drug-likeness (QED) is 0.653. The molecule has 18 heavy (non-hydrogen) atoms. The van der Waals surface area contributed by atoms with Gasteiger partial charge in [0.25, 0.3) is 0 Å². The Morgan fingerprint density at radius 3 is 2.78 bits per heavy atom. The van der Waals surface area contributed by atoms with E-state index in [1.54, 1.807) is 0 Å². The zero-order chi connectivity index (χ0) is 12.8. The standard InChI is InChI=1S/C15H23BrN2/c1-12-5-7-13(8-6-12)9-10-17-11-14-3-2-4-15(16)18-14/h2-4,12-13,17H,5-11H2,1H3. The van der Waals surface area contributed by atoms with Crippen molar-refractivity contribution < 1.29 is 0 Å². The Morgan fingerprint density at radius 2 is 2.06 bits per heavy atom. The van der Waals surface area contributed by atoms with Gasteiger partial charge in [-0.05, 0) is 52.9 Å². The third-order valence-electron chi connectivity index (χ3n) is 3.94. The molecule has 2 rings (SSSR count). The van der Waals surface area contributed by atoms with Gasteiger partial charge in [0.05, 0.1) is 5.69 Å². The lowest BCUT2D eigenvalue weighted by Crippen LogP contribution is -2.21. The van der Waals surface area contributed by atoms with Crippen LogP contribution in [0.15, 0.2) is 22.8 Å². The lowest BCUT2D eigenvalue weighted by molar-refractivity contribution is 0.275. The van der Waals surface area contributed by atoms with Crippen LogP contribution in [0.5, 0.6) is 0 Å². The van der Waals surface area contributed by atoms with Gasteiger partial charge in [-0.2, -0.15) is 0 Å². The second-order valence-electron chi connectivity index (χ2n) is 5.54. The van der Waals surface area contributed by atoms with E-state index in [-0.39, 0.29) is 0 Å². The van der Waals surface area contributed by atoms with Crippen molar-refractivity contribution in [2.45, 2.75) is 45.6 Å². The Labute approximate surface area is 119 Å². The van der Waals surface area contributed by atoms with Crippen LogP contribution in [0, 0.1) is 11.8 Å². The molecule has 0 aromatic carbocycles. The zero-order valence-electron chi connectivity index (χ0n) is 11.2. The van der Waals surface area contributed by atoms with Crippen LogP contribution >= 0.6 is 15.9 Å². The summed E-state index contributed by atoms with van der Waals surface area (Å²) in [6.07, 6.45) is 7.03. The van der Waals surface area contributed by atoms with Crippen LogP contribution in [0.3, 0.4) is 0 Å². The lowest BCUT2D eigenvalue weighted by Gasteiger charge is -2.26. The summed E-state index contributed by atoms with van der Waals surface area (Å²) in [5.74, 6) is 1.91. The van der Waals surface area contributed by atoms with Gasteiger partial charge in [0.1, 0.15) is 4.60 Å². The minimum atomic E-state index is 0.878. The highest BCUT2D eigenvalue weighted by molar-refractivity contribution is 9.10. The number of nitrogens with one attached hydrogen (secondary N) is 1. The van der Waals surface area contributed by atoms with Crippen LogP contribution in [-0.4, -0.2) is 11.5 Å². The number of aromatic nitrogens is 1. The second kappa shape index (κ2) is 7.25. The summed E-state index contributed by atoms with van der Waals surface area (Å²) >= 11 is 3.40. The Balaban J connectivity index is 1.61. The van der Waals surface area contributed by atoms with Crippen molar-refractivity contribution in [2.24, 2.45) is 11.8 Å².